The Morgan fingerprint density at radius 3 is 2.71 bits per heavy atom. The molecule has 0 aliphatic heterocycles. The van der Waals surface area contributed by atoms with Crippen LogP contribution >= 0.6 is 0 Å². The number of carboxylic acids is 1. The Morgan fingerprint density at radius 2 is 2.00 bits per heavy atom. The van der Waals surface area contributed by atoms with Gasteiger partial charge < -0.3 is 9.52 Å². The summed E-state index contributed by atoms with van der Waals surface area (Å²) < 4.78 is 28.9. The third-order valence-electron chi connectivity index (χ3n) is 2.37. The molecule has 0 amide bonds. The van der Waals surface area contributed by atoms with Crippen molar-refractivity contribution in [3.05, 3.63) is 30.5 Å². The van der Waals surface area contributed by atoms with Crippen LogP contribution in [0.2, 0.25) is 0 Å². The minimum absolute atomic E-state index is 0.0503. The van der Waals surface area contributed by atoms with E-state index in [-0.39, 0.29) is 4.90 Å². The number of rotatable bonds is 4. The number of carboxylic acid groups (broad SMARTS) is 1. The molecular formula is C11H10O5S. The molecule has 0 radical (unpaired) electrons. The average Bonchev–Trinajstić information content (AvgIpc) is 2.71. The molecule has 6 heteroatoms. The van der Waals surface area contributed by atoms with E-state index in [1.54, 1.807) is 24.3 Å². The normalized spacial score (nSPS) is 11.8. The fraction of sp³-hybridized carbons (Fsp3) is 0.182. The molecule has 1 heterocycles. The molecule has 0 atom stereocenters. The minimum atomic E-state index is -3.61. The lowest BCUT2D eigenvalue weighted by Crippen LogP contribution is -2.10. The summed E-state index contributed by atoms with van der Waals surface area (Å²) in [4.78, 5) is 10.4. The summed E-state index contributed by atoms with van der Waals surface area (Å²) in [6.45, 7) is 0. The standard InChI is InChI=1S/C11H10O5S/c12-11(13)5-6-17(14,15)10-7-16-9-4-2-1-3-8(9)10/h1-4,7H,5-6H2,(H,12,13). The van der Waals surface area contributed by atoms with Crippen molar-refractivity contribution >= 4 is 26.8 Å². The average molecular weight is 254 g/mol. The van der Waals surface area contributed by atoms with E-state index in [0.29, 0.717) is 11.0 Å². The maximum Gasteiger partial charge on any atom is 0.304 e. The van der Waals surface area contributed by atoms with Crippen molar-refractivity contribution in [1.29, 1.82) is 0 Å². The molecule has 0 saturated carbocycles. The Bertz CT molecular complexity index is 653. The summed E-state index contributed by atoms with van der Waals surface area (Å²) in [5.74, 6) is -1.56. The van der Waals surface area contributed by atoms with E-state index < -0.39 is 28.0 Å². The maximum absolute atomic E-state index is 11.9. The fourth-order valence-electron chi connectivity index (χ4n) is 1.53. The van der Waals surface area contributed by atoms with E-state index in [1.807, 2.05) is 0 Å². The molecule has 5 nitrogen and oxygen atoms in total. The van der Waals surface area contributed by atoms with Crippen molar-refractivity contribution in [2.24, 2.45) is 0 Å². The zero-order valence-electron chi connectivity index (χ0n) is 8.79. The number of para-hydroxylation sites is 1. The number of sulfone groups is 1. The number of carbonyl (C=O) groups is 1. The molecule has 1 aromatic carbocycles. The number of furan rings is 1. The molecule has 0 fully saturated rings. The highest BCUT2D eigenvalue weighted by Crippen LogP contribution is 2.25. The van der Waals surface area contributed by atoms with Gasteiger partial charge in [0.15, 0.2) is 9.84 Å². The van der Waals surface area contributed by atoms with E-state index in [9.17, 15) is 13.2 Å². The number of benzene rings is 1. The fourth-order valence-corrected chi connectivity index (χ4v) is 2.89. The number of fused-ring (bicyclic) bond motifs is 1. The maximum atomic E-state index is 11.9. The zero-order valence-corrected chi connectivity index (χ0v) is 9.61. The van der Waals surface area contributed by atoms with E-state index in [2.05, 4.69) is 0 Å². The Kier molecular flexibility index (Phi) is 2.89. The van der Waals surface area contributed by atoms with Crippen molar-refractivity contribution in [3.8, 4) is 0 Å². The zero-order chi connectivity index (χ0) is 12.5. The monoisotopic (exact) mass is 254 g/mol. The summed E-state index contributed by atoms with van der Waals surface area (Å²) in [5.41, 5.74) is 0.474. The largest absolute Gasteiger partial charge is 0.481 e. The van der Waals surface area contributed by atoms with Gasteiger partial charge in [-0.15, -0.1) is 0 Å². The van der Waals surface area contributed by atoms with Crippen LogP contribution in [0.1, 0.15) is 6.42 Å². The van der Waals surface area contributed by atoms with Gasteiger partial charge in [0.1, 0.15) is 16.7 Å². The molecule has 2 rings (SSSR count). The number of aliphatic carboxylic acids is 1. The predicted molar refractivity (Wildman–Crippen MR) is 60.5 cm³/mol. The lowest BCUT2D eigenvalue weighted by Gasteiger charge is -1.99. The van der Waals surface area contributed by atoms with Crippen LogP contribution < -0.4 is 0 Å². The van der Waals surface area contributed by atoms with Crippen molar-refractivity contribution in [2.45, 2.75) is 11.3 Å². The van der Waals surface area contributed by atoms with Crippen LogP contribution in [0.15, 0.2) is 39.8 Å². The molecule has 1 N–H and O–H groups in total. The third-order valence-corrected chi connectivity index (χ3v) is 4.09. The van der Waals surface area contributed by atoms with Gasteiger partial charge in [0.05, 0.1) is 12.2 Å². The summed E-state index contributed by atoms with van der Waals surface area (Å²) in [7, 11) is -3.61. The van der Waals surface area contributed by atoms with Crippen LogP contribution in [-0.4, -0.2) is 25.2 Å². The van der Waals surface area contributed by atoms with Gasteiger partial charge >= 0.3 is 5.97 Å². The third kappa shape index (κ3) is 2.31. The summed E-state index contributed by atoms with van der Waals surface area (Å²) in [5, 5.41) is 8.98. The Labute approximate surface area is 97.6 Å². The topological polar surface area (TPSA) is 84.6 Å². The molecule has 0 aliphatic rings. The summed E-state index contributed by atoms with van der Waals surface area (Å²) in [6.07, 6.45) is 0.740. The van der Waals surface area contributed by atoms with E-state index >= 15 is 0 Å². The number of hydrogen-bond donors (Lipinski definition) is 1. The predicted octanol–water partition coefficient (Wildman–Crippen LogP) is 1.68. The van der Waals surface area contributed by atoms with Crippen molar-refractivity contribution < 1.29 is 22.7 Å². The molecule has 0 unspecified atom stereocenters. The second kappa shape index (κ2) is 4.21. The van der Waals surface area contributed by atoms with Gasteiger partial charge in [0, 0.05) is 5.39 Å². The summed E-state index contributed by atoms with van der Waals surface area (Å²) in [6, 6.07) is 6.73. The molecular weight excluding hydrogens is 244 g/mol. The first-order valence-corrected chi connectivity index (χ1v) is 6.57. The van der Waals surface area contributed by atoms with Crippen LogP contribution in [0.4, 0.5) is 0 Å². The highest BCUT2D eigenvalue weighted by atomic mass is 32.2. The molecule has 0 saturated heterocycles. The van der Waals surface area contributed by atoms with Crippen LogP contribution in [0.5, 0.6) is 0 Å². The lowest BCUT2D eigenvalue weighted by atomic mass is 10.3. The van der Waals surface area contributed by atoms with Gasteiger partial charge in [-0.25, -0.2) is 8.42 Å². The van der Waals surface area contributed by atoms with Crippen molar-refractivity contribution in [2.75, 3.05) is 5.75 Å². The molecule has 0 aliphatic carbocycles. The second-order valence-corrected chi connectivity index (χ2v) is 5.64. The van der Waals surface area contributed by atoms with Gasteiger partial charge in [-0.05, 0) is 12.1 Å². The highest BCUT2D eigenvalue weighted by Gasteiger charge is 2.21. The Balaban J connectivity index is 2.42. The van der Waals surface area contributed by atoms with Crippen LogP contribution in [0.25, 0.3) is 11.0 Å². The van der Waals surface area contributed by atoms with Crippen molar-refractivity contribution in [1.82, 2.24) is 0 Å². The van der Waals surface area contributed by atoms with Gasteiger partial charge in [-0.3, -0.25) is 4.79 Å². The smallest absolute Gasteiger partial charge is 0.304 e. The van der Waals surface area contributed by atoms with Gasteiger partial charge in [0.2, 0.25) is 0 Å². The second-order valence-electron chi connectivity index (χ2n) is 3.56. The van der Waals surface area contributed by atoms with Crippen LogP contribution in [0.3, 0.4) is 0 Å². The number of hydrogen-bond acceptors (Lipinski definition) is 4. The molecule has 0 spiro atoms. The quantitative estimate of drug-likeness (QED) is 0.897. The first-order valence-electron chi connectivity index (χ1n) is 4.91. The van der Waals surface area contributed by atoms with Crippen LogP contribution in [0, 0.1) is 0 Å². The highest BCUT2D eigenvalue weighted by molar-refractivity contribution is 7.91. The molecule has 90 valence electrons. The summed E-state index contributed by atoms with van der Waals surface area (Å²) >= 11 is 0. The Hall–Kier alpha value is -1.82. The first-order chi connectivity index (χ1) is 8.00. The lowest BCUT2D eigenvalue weighted by molar-refractivity contribution is -0.136. The minimum Gasteiger partial charge on any atom is -0.481 e. The molecule has 17 heavy (non-hydrogen) atoms. The van der Waals surface area contributed by atoms with E-state index in [0.717, 1.165) is 6.26 Å². The molecule has 1 aromatic heterocycles. The van der Waals surface area contributed by atoms with Crippen LogP contribution in [-0.2, 0) is 14.6 Å². The SMILES string of the molecule is O=C(O)CCS(=O)(=O)c1coc2ccccc12. The van der Waals surface area contributed by atoms with Crippen molar-refractivity contribution in [3.63, 3.8) is 0 Å². The van der Waals surface area contributed by atoms with Gasteiger partial charge in [-0.1, -0.05) is 12.1 Å². The Morgan fingerprint density at radius 1 is 1.29 bits per heavy atom. The van der Waals surface area contributed by atoms with E-state index in [1.165, 1.54) is 0 Å². The first kappa shape index (κ1) is 11.7. The van der Waals surface area contributed by atoms with Gasteiger partial charge in [0.25, 0.3) is 0 Å². The van der Waals surface area contributed by atoms with Gasteiger partial charge in [-0.2, -0.15) is 0 Å². The molecule has 0 bridgehead atoms. The molecule has 2 aromatic rings. The van der Waals surface area contributed by atoms with E-state index in [4.69, 9.17) is 9.52 Å².